The molecular formula is C40H26N9Na3O13S3. The van der Waals surface area contributed by atoms with Crippen LogP contribution < -0.4 is 109 Å². The maximum absolute atomic E-state index is 13.5. The molecule has 0 saturated carbocycles. The van der Waals surface area contributed by atoms with Gasteiger partial charge in [-0.3, -0.25) is 24.1 Å². The Bertz CT molecular complexity index is 3550. The summed E-state index contributed by atoms with van der Waals surface area (Å²) in [6, 6.07) is 24.6. The second kappa shape index (κ2) is 22.6. The van der Waals surface area contributed by atoms with Gasteiger partial charge in [-0.2, -0.15) is 45.7 Å². The average molecular weight is 1010 g/mol. The molecule has 0 aromatic heterocycles. The largest absolute Gasteiger partial charge is 1.00 e. The van der Waals surface area contributed by atoms with Gasteiger partial charge in [0.15, 0.2) is 0 Å². The Kier molecular flexibility index (Phi) is 18.4. The zero-order chi connectivity index (χ0) is 46.8. The second-order valence-electron chi connectivity index (χ2n) is 13.4. The third kappa shape index (κ3) is 13.4. The van der Waals surface area contributed by atoms with E-state index in [0.717, 1.165) is 24.3 Å². The molecule has 0 unspecified atom stereocenters. The van der Waals surface area contributed by atoms with Crippen LogP contribution >= 0.6 is 0 Å². The molecule has 0 aliphatic carbocycles. The Hall–Kier alpha value is -5.07. The van der Waals surface area contributed by atoms with Crippen molar-refractivity contribution in [2.24, 2.45) is 35.7 Å². The molecule has 0 saturated heterocycles. The van der Waals surface area contributed by atoms with Gasteiger partial charge in [0.2, 0.25) is 0 Å². The van der Waals surface area contributed by atoms with Crippen LogP contribution in [0.4, 0.5) is 45.5 Å². The molecule has 0 aliphatic rings. The maximum Gasteiger partial charge on any atom is 1.00 e. The van der Waals surface area contributed by atoms with E-state index < -0.39 is 74.9 Å². The Labute approximate surface area is 452 Å². The van der Waals surface area contributed by atoms with Gasteiger partial charge >= 0.3 is 88.7 Å². The number of benzene rings is 7. The molecule has 7 aromatic rings. The van der Waals surface area contributed by atoms with Gasteiger partial charge in [-0.05, 0) is 130 Å². The molecule has 7 rings (SSSR count). The number of nitrogens with zero attached hydrogens (tertiary/aromatic N) is 7. The van der Waals surface area contributed by atoms with Gasteiger partial charge < -0.3 is 25.7 Å². The summed E-state index contributed by atoms with van der Waals surface area (Å²) in [5, 5.41) is 81.8. The summed E-state index contributed by atoms with van der Waals surface area (Å²) >= 11 is 0. The minimum Gasteiger partial charge on any atom is -0.871 e. The molecule has 0 fully saturated rings. The molecule has 7 aromatic carbocycles. The standard InChI is InChI=1S/C40H29N9O13S3.3Na/c41-40(53)43-29-12-16-32-23(18-29)20-34(65(60,61)62)35(38(32)51)48-46-24-3-1-21(2-4-24)39(52)42-28-11-15-31-22(17-28)19-33(64(57,58)59)36(37(31)50)49-47-26-7-5-25(6-8-26)44-45-27-9-13-30(14-10-27)63(54,55)56;;;/h1-20,50-51H,(H,42,52)(H3,41,43,53)(H,54,55,56)(H,57,58,59)(H,60,61,62);;;/q;3*+1/p-3. The summed E-state index contributed by atoms with van der Waals surface area (Å²) in [5.41, 5.74) is -0.458. The number of anilines is 1. The molecule has 0 spiro atoms. The van der Waals surface area contributed by atoms with Crippen molar-refractivity contribution in [1.29, 1.82) is 5.41 Å². The van der Waals surface area contributed by atoms with Crippen molar-refractivity contribution >= 4 is 109 Å². The van der Waals surface area contributed by atoms with Crippen LogP contribution in [0, 0.1) is 5.41 Å². The number of amidine groups is 1. The number of azo groups is 3. The fourth-order valence-electron chi connectivity index (χ4n) is 5.98. The first-order valence-electron chi connectivity index (χ1n) is 18.0. The summed E-state index contributed by atoms with van der Waals surface area (Å²) in [7, 11) is -14.4. The summed E-state index contributed by atoms with van der Waals surface area (Å²) in [4.78, 5) is 1.96. The van der Waals surface area contributed by atoms with E-state index in [4.69, 9.17) is 9.96 Å². The molecule has 0 radical (unpaired) electrons. The number of fused-ring (bicyclic) bond motifs is 2. The quantitative estimate of drug-likeness (QED) is 0.0266. The first-order chi connectivity index (χ1) is 30.6. The second-order valence-corrected chi connectivity index (χ2v) is 17.6. The van der Waals surface area contributed by atoms with Crippen LogP contribution in [-0.2, 0) is 30.4 Å². The minimum absolute atomic E-state index is 0. The Morgan fingerprint density at radius 3 is 1.31 bits per heavy atom. The van der Waals surface area contributed by atoms with E-state index in [-0.39, 0.29) is 149 Å². The van der Waals surface area contributed by atoms with E-state index in [9.17, 15) is 54.8 Å². The van der Waals surface area contributed by atoms with Crippen LogP contribution in [0.5, 0.6) is 11.5 Å². The van der Waals surface area contributed by atoms with Crippen molar-refractivity contribution in [2.75, 3.05) is 5.32 Å². The van der Waals surface area contributed by atoms with Crippen LogP contribution in [0.1, 0.15) is 5.56 Å². The van der Waals surface area contributed by atoms with Crippen molar-refractivity contribution in [1.82, 2.24) is 0 Å². The molecule has 28 heteroatoms. The van der Waals surface area contributed by atoms with E-state index in [1.807, 2.05) is 0 Å². The summed E-state index contributed by atoms with van der Waals surface area (Å²) < 4.78 is 101. The summed E-state index contributed by atoms with van der Waals surface area (Å²) in [6.07, 6.45) is 0. The molecule has 68 heavy (non-hydrogen) atoms. The van der Waals surface area contributed by atoms with Crippen molar-refractivity contribution < 1.29 is 148 Å². The summed E-state index contributed by atoms with van der Waals surface area (Å²) in [5.74, 6) is -2.62. The fourth-order valence-corrected chi connectivity index (χ4v) is 7.77. The van der Waals surface area contributed by atoms with Crippen LogP contribution in [0.25, 0.3) is 21.5 Å². The van der Waals surface area contributed by atoms with Crippen molar-refractivity contribution in [2.45, 2.75) is 14.7 Å². The Morgan fingerprint density at radius 1 is 0.500 bits per heavy atom. The predicted molar refractivity (Wildman–Crippen MR) is 228 cm³/mol. The van der Waals surface area contributed by atoms with Crippen LogP contribution in [0.2, 0.25) is 0 Å². The first kappa shape index (κ1) is 55.5. The normalized spacial score (nSPS) is 12.2. The molecule has 0 atom stereocenters. The van der Waals surface area contributed by atoms with Crippen LogP contribution in [0.3, 0.4) is 0 Å². The van der Waals surface area contributed by atoms with Crippen LogP contribution in [-0.4, -0.2) is 55.9 Å². The number of nitrogens with one attached hydrogen (secondary N) is 2. The predicted octanol–water partition coefficient (Wildman–Crippen LogP) is -1.52. The maximum atomic E-state index is 13.5. The number of hydrogen-bond acceptors (Lipinski definition) is 17. The SMILES string of the molecule is N=C(O)Nc1ccc2c([O-])c(N=Nc3ccc(C([O-])=Nc4ccc5c([O-])c(N=Nc6ccc(N=Nc7ccc(S(=O)(=O)O)cc7)cc6)c(S(=O)(=O)O)cc5c4)cc3)c(S(=O)(=O)O)cc2c1.[Na+].[Na+].[Na+]. The van der Waals surface area contributed by atoms with Gasteiger partial charge in [-0.25, -0.2) is 0 Å². The number of aliphatic hydroxyl groups excluding tert-OH is 1. The van der Waals surface area contributed by atoms with Crippen molar-refractivity contribution in [3.05, 3.63) is 127 Å². The number of rotatable bonds is 12. The number of aliphatic hydroxyl groups is 1. The third-order valence-corrected chi connectivity index (χ3v) is 11.6. The topological polar surface area (TPSA) is 375 Å². The molecule has 0 aliphatic heterocycles. The van der Waals surface area contributed by atoms with Gasteiger partial charge in [0.05, 0.1) is 44.7 Å². The monoisotopic (exact) mass is 1010 g/mol. The van der Waals surface area contributed by atoms with Gasteiger partial charge in [0.25, 0.3) is 36.4 Å². The summed E-state index contributed by atoms with van der Waals surface area (Å²) in [6.45, 7) is 0. The zero-order valence-corrected chi connectivity index (χ0v) is 43.8. The zero-order valence-electron chi connectivity index (χ0n) is 35.4. The molecular weight excluding hydrogens is 980 g/mol. The molecule has 6 N–H and O–H groups in total. The van der Waals surface area contributed by atoms with E-state index in [0.29, 0.717) is 5.69 Å². The Morgan fingerprint density at radius 2 is 0.882 bits per heavy atom. The van der Waals surface area contributed by atoms with Gasteiger partial charge in [-0.15, -0.1) is 10.2 Å². The van der Waals surface area contributed by atoms with Gasteiger partial charge in [0.1, 0.15) is 9.79 Å². The average Bonchev–Trinajstić information content (AvgIpc) is 3.24. The van der Waals surface area contributed by atoms with E-state index in [1.54, 1.807) is 0 Å². The first-order valence-corrected chi connectivity index (χ1v) is 22.3. The molecule has 0 amide bonds. The van der Waals surface area contributed by atoms with E-state index in [2.05, 4.69) is 41.0 Å². The number of hydrogen-bond donors (Lipinski definition) is 6. The van der Waals surface area contributed by atoms with Gasteiger partial charge in [-0.1, -0.05) is 35.8 Å². The molecule has 330 valence electrons. The van der Waals surface area contributed by atoms with E-state index in [1.165, 1.54) is 97.1 Å². The van der Waals surface area contributed by atoms with Crippen molar-refractivity contribution in [3.63, 3.8) is 0 Å². The van der Waals surface area contributed by atoms with Crippen molar-refractivity contribution in [3.8, 4) is 11.5 Å². The molecule has 22 nitrogen and oxygen atoms in total. The Balaban J connectivity index is 0.00000336. The third-order valence-electron chi connectivity index (χ3n) is 9.01. The number of aliphatic imine (C=N–C) groups is 1. The van der Waals surface area contributed by atoms with Gasteiger partial charge in [0, 0.05) is 5.69 Å². The van der Waals surface area contributed by atoms with Crippen LogP contribution in [0.15, 0.2) is 172 Å². The minimum atomic E-state index is -5.05. The molecule has 0 bridgehead atoms. The van der Waals surface area contributed by atoms with E-state index >= 15 is 0 Å². The smallest absolute Gasteiger partial charge is 0.871 e. The fraction of sp³-hybridized carbons (Fsp3) is 0. The molecule has 0 heterocycles.